The zero-order chi connectivity index (χ0) is 12.3. The highest BCUT2D eigenvalue weighted by atomic mass is 14.3. The molecular weight excluding hydrogens is 196 g/mol. The zero-order valence-electron chi connectivity index (χ0n) is 10.8. The first-order valence-electron chi connectivity index (χ1n) is 6.42. The van der Waals surface area contributed by atoms with Gasteiger partial charge in [0.15, 0.2) is 0 Å². The molecule has 0 bridgehead atoms. The monoisotopic (exact) mass is 220 g/mol. The summed E-state index contributed by atoms with van der Waals surface area (Å²) in [6.07, 6.45) is 9.37. The lowest BCUT2D eigenvalue weighted by molar-refractivity contribution is 0.240. The summed E-state index contributed by atoms with van der Waals surface area (Å²) in [6, 6.07) is 4.43. The van der Waals surface area contributed by atoms with Gasteiger partial charge in [-0.3, -0.25) is 0 Å². The van der Waals surface area contributed by atoms with Crippen LogP contribution in [0.5, 0.6) is 0 Å². The van der Waals surface area contributed by atoms with Gasteiger partial charge in [0.2, 0.25) is 0 Å². The van der Waals surface area contributed by atoms with E-state index in [0.29, 0.717) is 18.3 Å². The lowest BCUT2D eigenvalue weighted by Crippen LogP contribution is -2.15. The Morgan fingerprint density at radius 2 is 1.56 bits per heavy atom. The summed E-state index contributed by atoms with van der Waals surface area (Å²) in [4.78, 5) is 0. The maximum atomic E-state index is 8.65. The molecule has 0 radical (unpaired) electrons. The fourth-order valence-electron chi connectivity index (χ4n) is 2.27. The van der Waals surface area contributed by atoms with Crippen LogP contribution in [0.15, 0.2) is 0 Å². The third kappa shape index (κ3) is 7.30. The molecule has 0 aromatic rings. The van der Waals surface area contributed by atoms with Crippen molar-refractivity contribution in [2.24, 2.45) is 5.41 Å². The highest BCUT2D eigenvalue weighted by molar-refractivity contribution is 4.80. The van der Waals surface area contributed by atoms with Gasteiger partial charge in [0, 0.05) is 12.8 Å². The summed E-state index contributed by atoms with van der Waals surface area (Å²) in [7, 11) is 0. The predicted molar refractivity (Wildman–Crippen MR) is 66.6 cm³/mol. The summed E-state index contributed by atoms with van der Waals surface area (Å²) in [5, 5.41) is 17.1. The van der Waals surface area contributed by atoms with Crippen molar-refractivity contribution in [1.82, 2.24) is 0 Å². The lowest BCUT2D eigenvalue weighted by Gasteiger charge is -2.28. The number of nitriles is 2. The first-order valence-corrected chi connectivity index (χ1v) is 6.42. The van der Waals surface area contributed by atoms with E-state index in [1.165, 1.54) is 25.7 Å². The highest BCUT2D eigenvalue weighted by Crippen LogP contribution is 2.34. The summed E-state index contributed by atoms with van der Waals surface area (Å²) >= 11 is 0. The van der Waals surface area contributed by atoms with Gasteiger partial charge in [0.05, 0.1) is 12.1 Å². The normalized spacial score (nSPS) is 13.8. The van der Waals surface area contributed by atoms with Crippen molar-refractivity contribution in [3.05, 3.63) is 0 Å². The summed E-state index contributed by atoms with van der Waals surface area (Å²) < 4.78 is 0. The SMILES string of the molecule is CCCC(C)(CCC#N)CCCCCC#N. The van der Waals surface area contributed by atoms with Gasteiger partial charge in [0.1, 0.15) is 0 Å². The first kappa shape index (κ1) is 15.0. The van der Waals surface area contributed by atoms with E-state index in [2.05, 4.69) is 26.0 Å². The number of hydrogen-bond donors (Lipinski definition) is 0. The van der Waals surface area contributed by atoms with E-state index < -0.39 is 0 Å². The molecule has 2 nitrogen and oxygen atoms in total. The zero-order valence-corrected chi connectivity index (χ0v) is 10.8. The van der Waals surface area contributed by atoms with Crippen molar-refractivity contribution in [2.45, 2.75) is 71.6 Å². The Morgan fingerprint density at radius 1 is 0.875 bits per heavy atom. The molecule has 0 aliphatic rings. The molecule has 1 atom stereocenters. The minimum absolute atomic E-state index is 0.344. The molecule has 0 aromatic heterocycles. The van der Waals surface area contributed by atoms with Crippen molar-refractivity contribution >= 4 is 0 Å². The van der Waals surface area contributed by atoms with Crippen LogP contribution in [0.25, 0.3) is 0 Å². The Balaban J connectivity index is 3.84. The van der Waals surface area contributed by atoms with Gasteiger partial charge in [-0.2, -0.15) is 10.5 Å². The molecule has 2 heteroatoms. The van der Waals surface area contributed by atoms with Crippen molar-refractivity contribution in [3.63, 3.8) is 0 Å². The number of rotatable bonds is 9. The molecule has 0 rings (SSSR count). The Kier molecular flexibility index (Phi) is 8.64. The van der Waals surface area contributed by atoms with Gasteiger partial charge in [-0.25, -0.2) is 0 Å². The molecule has 0 spiro atoms. The van der Waals surface area contributed by atoms with Gasteiger partial charge in [-0.05, 0) is 31.1 Å². The van der Waals surface area contributed by atoms with Crippen LogP contribution < -0.4 is 0 Å². The molecule has 0 amide bonds. The molecule has 0 saturated heterocycles. The van der Waals surface area contributed by atoms with Crippen LogP contribution in [-0.4, -0.2) is 0 Å². The van der Waals surface area contributed by atoms with Gasteiger partial charge >= 0.3 is 0 Å². The number of nitrogens with zero attached hydrogens (tertiary/aromatic N) is 2. The fourth-order valence-corrected chi connectivity index (χ4v) is 2.27. The van der Waals surface area contributed by atoms with E-state index in [1.807, 2.05) is 0 Å². The Bertz CT molecular complexity index is 246. The first-order chi connectivity index (χ1) is 7.68. The molecule has 0 heterocycles. The molecular formula is C14H24N2. The van der Waals surface area contributed by atoms with Gasteiger partial charge in [-0.1, -0.05) is 33.1 Å². The standard InChI is InChI=1S/C14H24N2/c1-3-9-14(2,11-8-13-16)10-6-4-5-7-12-15/h3-11H2,1-2H3. The average molecular weight is 220 g/mol. The van der Waals surface area contributed by atoms with Crippen molar-refractivity contribution in [2.75, 3.05) is 0 Å². The third-order valence-electron chi connectivity index (χ3n) is 3.26. The van der Waals surface area contributed by atoms with Crippen molar-refractivity contribution < 1.29 is 0 Å². The van der Waals surface area contributed by atoms with E-state index in [1.54, 1.807) is 0 Å². The van der Waals surface area contributed by atoms with E-state index in [-0.39, 0.29) is 0 Å². The maximum Gasteiger partial charge on any atom is 0.0621 e. The van der Waals surface area contributed by atoms with Crippen LogP contribution >= 0.6 is 0 Å². The Labute approximate surface area is 100 Å². The fraction of sp³-hybridized carbons (Fsp3) is 0.857. The second kappa shape index (κ2) is 9.22. The molecule has 1 unspecified atom stereocenters. The van der Waals surface area contributed by atoms with E-state index >= 15 is 0 Å². The molecule has 0 fully saturated rings. The molecule has 0 saturated carbocycles. The number of unbranched alkanes of at least 4 members (excludes halogenated alkanes) is 3. The van der Waals surface area contributed by atoms with Crippen LogP contribution in [0.3, 0.4) is 0 Å². The average Bonchev–Trinajstić information content (AvgIpc) is 2.27. The summed E-state index contributed by atoms with van der Waals surface area (Å²) in [5.41, 5.74) is 0.344. The van der Waals surface area contributed by atoms with Crippen LogP contribution in [0.4, 0.5) is 0 Å². The van der Waals surface area contributed by atoms with Crippen LogP contribution in [0.1, 0.15) is 71.6 Å². The van der Waals surface area contributed by atoms with E-state index in [4.69, 9.17) is 10.5 Å². The Morgan fingerprint density at radius 3 is 2.12 bits per heavy atom. The number of hydrogen-bond acceptors (Lipinski definition) is 2. The van der Waals surface area contributed by atoms with Gasteiger partial charge < -0.3 is 0 Å². The lowest BCUT2D eigenvalue weighted by atomic mass is 9.77. The summed E-state index contributed by atoms with van der Waals surface area (Å²) in [6.45, 7) is 4.51. The van der Waals surface area contributed by atoms with Gasteiger partial charge in [-0.15, -0.1) is 0 Å². The molecule has 0 aromatic carbocycles. The third-order valence-corrected chi connectivity index (χ3v) is 3.26. The van der Waals surface area contributed by atoms with Crippen LogP contribution in [-0.2, 0) is 0 Å². The highest BCUT2D eigenvalue weighted by Gasteiger charge is 2.21. The van der Waals surface area contributed by atoms with E-state index in [9.17, 15) is 0 Å². The second-order valence-corrected chi connectivity index (χ2v) is 4.94. The quantitative estimate of drug-likeness (QED) is 0.534. The van der Waals surface area contributed by atoms with Crippen molar-refractivity contribution in [3.8, 4) is 12.1 Å². The largest absolute Gasteiger partial charge is 0.198 e. The minimum atomic E-state index is 0.344. The summed E-state index contributed by atoms with van der Waals surface area (Å²) in [5.74, 6) is 0. The van der Waals surface area contributed by atoms with Crippen LogP contribution in [0, 0.1) is 28.1 Å². The predicted octanol–water partition coefficient (Wildman–Crippen LogP) is 4.57. The molecule has 0 aliphatic carbocycles. The molecule has 16 heavy (non-hydrogen) atoms. The maximum absolute atomic E-state index is 8.65. The topological polar surface area (TPSA) is 47.6 Å². The van der Waals surface area contributed by atoms with Gasteiger partial charge in [0.25, 0.3) is 0 Å². The minimum Gasteiger partial charge on any atom is -0.198 e. The molecule has 0 N–H and O–H groups in total. The van der Waals surface area contributed by atoms with E-state index in [0.717, 1.165) is 19.3 Å². The van der Waals surface area contributed by atoms with Crippen molar-refractivity contribution in [1.29, 1.82) is 10.5 Å². The smallest absolute Gasteiger partial charge is 0.0621 e. The molecule has 90 valence electrons. The van der Waals surface area contributed by atoms with Crippen LogP contribution in [0.2, 0.25) is 0 Å². The second-order valence-electron chi connectivity index (χ2n) is 4.94. The molecule has 0 aliphatic heterocycles. The Hall–Kier alpha value is -1.02.